The van der Waals surface area contributed by atoms with Crippen LogP contribution in [0, 0.1) is 5.82 Å². The van der Waals surface area contributed by atoms with Gasteiger partial charge in [0.1, 0.15) is 5.82 Å². The maximum atomic E-state index is 13.7. The maximum absolute atomic E-state index is 13.7. The van der Waals surface area contributed by atoms with Crippen molar-refractivity contribution in [2.75, 3.05) is 31.5 Å². The molecule has 0 radical (unpaired) electrons. The van der Waals surface area contributed by atoms with E-state index in [1.807, 2.05) is 13.8 Å². The molecule has 0 aromatic heterocycles. The molecule has 2 N–H and O–H groups in total. The number of nitrogens with zero attached hydrogens (tertiary/aromatic N) is 1. The summed E-state index contributed by atoms with van der Waals surface area (Å²) in [7, 11) is 0. The second kappa shape index (κ2) is 10.3. The summed E-state index contributed by atoms with van der Waals surface area (Å²) in [4.78, 5) is 25.6. The summed E-state index contributed by atoms with van der Waals surface area (Å²) in [5, 5.41) is 5.32. The summed E-state index contributed by atoms with van der Waals surface area (Å²) in [5.41, 5.74) is 0.130. The van der Waals surface area contributed by atoms with Crippen LogP contribution in [0.4, 0.5) is 10.1 Å². The molecule has 0 saturated carbocycles. The predicted octanol–water partition coefficient (Wildman–Crippen LogP) is 2.76. The zero-order valence-corrected chi connectivity index (χ0v) is 15.1. The highest BCUT2D eigenvalue weighted by atomic mass is 79.9. The van der Waals surface area contributed by atoms with Crippen LogP contribution in [0.25, 0.3) is 0 Å². The van der Waals surface area contributed by atoms with Gasteiger partial charge in [0.05, 0.1) is 18.8 Å². The first kappa shape index (κ1) is 19.6. The summed E-state index contributed by atoms with van der Waals surface area (Å²) in [6.45, 7) is 5.39. The van der Waals surface area contributed by atoms with Gasteiger partial charge in [-0.15, -0.1) is 0 Å². The highest BCUT2D eigenvalue weighted by Gasteiger charge is 2.15. The van der Waals surface area contributed by atoms with Gasteiger partial charge in [-0.05, 0) is 37.6 Å². The molecule has 0 aliphatic rings. The first-order chi connectivity index (χ1) is 11.0. The van der Waals surface area contributed by atoms with E-state index in [0.29, 0.717) is 17.6 Å². The Morgan fingerprint density at radius 2 is 1.87 bits per heavy atom. The van der Waals surface area contributed by atoms with Gasteiger partial charge in [0, 0.05) is 11.0 Å². The van der Waals surface area contributed by atoms with Gasteiger partial charge in [0.25, 0.3) is 0 Å². The molecule has 1 aromatic carbocycles. The molecule has 5 nitrogen and oxygen atoms in total. The monoisotopic (exact) mass is 387 g/mol. The van der Waals surface area contributed by atoms with E-state index in [0.717, 1.165) is 12.8 Å². The summed E-state index contributed by atoms with van der Waals surface area (Å²) in [5.74, 6) is -0.957. The third-order valence-corrected chi connectivity index (χ3v) is 3.54. The van der Waals surface area contributed by atoms with E-state index in [4.69, 9.17) is 0 Å². The quantitative estimate of drug-likeness (QED) is 0.684. The molecule has 0 fully saturated rings. The third-order valence-electron chi connectivity index (χ3n) is 3.05. The van der Waals surface area contributed by atoms with Gasteiger partial charge in [0.2, 0.25) is 11.8 Å². The maximum Gasteiger partial charge on any atom is 0.238 e. The van der Waals surface area contributed by atoms with E-state index >= 15 is 0 Å². The Kier molecular flexibility index (Phi) is 8.79. The minimum atomic E-state index is -0.504. The van der Waals surface area contributed by atoms with Crippen molar-refractivity contribution in [2.45, 2.75) is 26.7 Å². The molecule has 1 rings (SSSR count). The third kappa shape index (κ3) is 7.56. The van der Waals surface area contributed by atoms with Crippen molar-refractivity contribution in [1.29, 1.82) is 0 Å². The van der Waals surface area contributed by atoms with Gasteiger partial charge in [-0.25, -0.2) is 4.39 Å². The molecule has 0 bridgehead atoms. The summed E-state index contributed by atoms with van der Waals surface area (Å²) >= 11 is 3.17. The van der Waals surface area contributed by atoms with E-state index in [2.05, 4.69) is 26.6 Å². The second-order valence-electron chi connectivity index (χ2n) is 5.23. The molecular formula is C16H23BrFN3O2. The first-order valence-corrected chi connectivity index (χ1v) is 8.49. The lowest BCUT2D eigenvalue weighted by atomic mass is 10.3. The fourth-order valence-electron chi connectivity index (χ4n) is 2.04. The first-order valence-electron chi connectivity index (χ1n) is 7.70. The Hall–Kier alpha value is -1.47. The smallest absolute Gasteiger partial charge is 0.238 e. The minimum Gasteiger partial charge on any atom is -0.355 e. The van der Waals surface area contributed by atoms with E-state index in [1.54, 1.807) is 11.0 Å². The van der Waals surface area contributed by atoms with Gasteiger partial charge >= 0.3 is 0 Å². The fraction of sp³-hybridized carbons (Fsp3) is 0.500. The topological polar surface area (TPSA) is 61.4 Å². The number of halogens is 2. The average molecular weight is 388 g/mol. The van der Waals surface area contributed by atoms with E-state index in [1.165, 1.54) is 12.1 Å². The lowest BCUT2D eigenvalue weighted by Gasteiger charge is -2.20. The summed E-state index contributed by atoms with van der Waals surface area (Å²) in [6, 6.07) is 4.44. The summed E-state index contributed by atoms with van der Waals surface area (Å²) < 4.78 is 14.3. The van der Waals surface area contributed by atoms with Crippen LogP contribution in [0.2, 0.25) is 0 Å². The van der Waals surface area contributed by atoms with Crippen molar-refractivity contribution >= 4 is 33.4 Å². The predicted molar refractivity (Wildman–Crippen MR) is 92.8 cm³/mol. The summed E-state index contributed by atoms with van der Waals surface area (Å²) in [6.07, 6.45) is 1.68. The van der Waals surface area contributed by atoms with Crippen LogP contribution in [0.3, 0.4) is 0 Å². The van der Waals surface area contributed by atoms with Crippen LogP contribution in [0.15, 0.2) is 22.7 Å². The molecule has 0 aliphatic carbocycles. The van der Waals surface area contributed by atoms with Crippen LogP contribution in [-0.4, -0.2) is 42.9 Å². The Bertz CT molecular complexity index is 540. The Labute approximate surface area is 144 Å². The van der Waals surface area contributed by atoms with Crippen molar-refractivity contribution in [3.63, 3.8) is 0 Å². The lowest BCUT2D eigenvalue weighted by Crippen LogP contribution is -2.41. The van der Waals surface area contributed by atoms with Crippen LogP contribution in [-0.2, 0) is 9.59 Å². The normalized spacial score (nSPS) is 10.7. The molecule has 0 spiro atoms. The van der Waals surface area contributed by atoms with E-state index in [9.17, 15) is 14.0 Å². The van der Waals surface area contributed by atoms with Crippen LogP contribution in [0.1, 0.15) is 26.7 Å². The van der Waals surface area contributed by atoms with Crippen molar-refractivity contribution in [3.05, 3.63) is 28.5 Å². The van der Waals surface area contributed by atoms with Crippen LogP contribution in [0.5, 0.6) is 0 Å². The zero-order valence-electron chi connectivity index (χ0n) is 13.5. The van der Waals surface area contributed by atoms with E-state index < -0.39 is 5.82 Å². The second-order valence-corrected chi connectivity index (χ2v) is 6.15. The Morgan fingerprint density at radius 3 is 2.48 bits per heavy atom. The molecule has 128 valence electrons. The highest BCUT2D eigenvalue weighted by molar-refractivity contribution is 9.10. The molecule has 0 saturated heterocycles. The van der Waals surface area contributed by atoms with Gasteiger partial charge in [0.15, 0.2) is 0 Å². The van der Waals surface area contributed by atoms with Crippen LogP contribution < -0.4 is 10.6 Å². The lowest BCUT2D eigenvalue weighted by molar-refractivity contribution is -0.123. The molecule has 2 amide bonds. The number of hydrogen-bond donors (Lipinski definition) is 2. The number of amides is 2. The number of benzene rings is 1. The molecule has 7 heteroatoms. The SMILES string of the molecule is CCCNC(=O)CN(CCC)CC(=O)Nc1ccc(Br)cc1F. The van der Waals surface area contributed by atoms with Crippen molar-refractivity contribution < 1.29 is 14.0 Å². The molecule has 0 aliphatic heterocycles. The minimum absolute atomic E-state index is 0.0445. The molecule has 23 heavy (non-hydrogen) atoms. The number of anilines is 1. The Morgan fingerprint density at radius 1 is 1.17 bits per heavy atom. The highest BCUT2D eigenvalue weighted by Crippen LogP contribution is 2.19. The van der Waals surface area contributed by atoms with Gasteiger partial charge in [-0.1, -0.05) is 29.8 Å². The molecular weight excluding hydrogens is 365 g/mol. The number of carbonyl (C=O) groups excluding carboxylic acids is 2. The largest absolute Gasteiger partial charge is 0.355 e. The average Bonchev–Trinajstić information content (AvgIpc) is 2.48. The molecule has 1 aromatic rings. The van der Waals surface area contributed by atoms with Crippen molar-refractivity contribution in [2.24, 2.45) is 0 Å². The van der Waals surface area contributed by atoms with E-state index in [-0.39, 0.29) is 30.6 Å². The molecule has 0 heterocycles. The van der Waals surface area contributed by atoms with Crippen molar-refractivity contribution in [1.82, 2.24) is 10.2 Å². The number of carbonyl (C=O) groups is 2. The standard InChI is InChI=1S/C16H23BrFN3O2/c1-3-7-19-15(22)10-21(8-4-2)11-16(23)20-14-6-5-12(17)9-13(14)18/h5-6,9H,3-4,7-8,10-11H2,1-2H3,(H,19,22)(H,20,23). The van der Waals surface area contributed by atoms with Gasteiger partial charge < -0.3 is 10.6 Å². The number of nitrogens with one attached hydrogen (secondary N) is 2. The zero-order chi connectivity index (χ0) is 17.2. The molecule has 0 atom stereocenters. The number of rotatable bonds is 9. The van der Waals surface area contributed by atoms with Gasteiger partial charge in [-0.2, -0.15) is 0 Å². The number of hydrogen-bond acceptors (Lipinski definition) is 3. The molecule has 0 unspecified atom stereocenters. The van der Waals surface area contributed by atoms with Crippen LogP contribution >= 0.6 is 15.9 Å². The Balaban J connectivity index is 2.57. The van der Waals surface area contributed by atoms with Crippen molar-refractivity contribution in [3.8, 4) is 0 Å². The fourth-order valence-corrected chi connectivity index (χ4v) is 2.37. The van der Waals surface area contributed by atoms with Gasteiger partial charge in [-0.3, -0.25) is 14.5 Å².